The summed E-state index contributed by atoms with van der Waals surface area (Å²) in [7, 11) is 2.08. The van der Waals surface area contributed by atoms with Gasteiger partial charge in [0.05, 0.1) is 0 Å². The third-order valence-corrected chi connectivity index (χ3v) is 6.09. The molecule has 2 aliphatic rings. The molecule has 1 atom stereocenters. The van der Waals surface area contributed by atoms with E-state index < -0.39 is 11.5 Å². The fraction of sp³-hybridized carbons (Fsp3) is 0.500. The zero-order chi connectivity index (χ0) is 20.4. The number of hydrogen-bond acceptors (Lipinski definition) is 6. The molecule has 7 nitrogen and oxygen atoms in total. The highest BCUT2D eigenvalue weighted by atomic mass is 35.5. The molecule has 1 amide bonds. The van der Waals surface area contributed by atoms with Crippen molar-refractivity contribution in [2.24, 2.45) is 0 Å². The maximum atomic E-state index is 13.0. The fourth-order valence-corrected chi connectivity index (χ4v) is 4.48. The Kier molecular flexibility index (Phi) is 9.06. The summed E-state index contributed by atoms with van der Waals surface area (Å²) in [5, 5.41) is 6.17. The van der Waals surface area contributed by atoms with Gasteiger partial charge in [0.2, 0.25) is 0 Å². The second kappa shape index (κ2) is 11.1. The molecular formula is C22H30Cl2N4O3. The van der Waals surface area contributed by atoms with Gasteiger partial charge in [0.25, 0.3) is 5.91 Å². The maximum absolute atomic E-state index is 13.0. The number of hydrogen-bond donors (Lipinski definition) is 2. The van der Waals surface area contributed by atoms with Gasteiger partial charge in [-0.1, -0.05) is 6.07 Å². The van der Waals surface area contributed by atoms with Crippen LogP contribution in [0.15, 0.2) is 33.6 Å². The molecule has 2 aromatic heterocycles. The van der Waals surface area contributed by atoms with E-state index in [0.29, 0.717) is 17.1 Å². The highest BCUT2D eigenvalue weighted by Crippen LogP contribution is 2.34. The van der Waals surface area contributed by atoms with E-state index >= 15 is 0 Å². The summed E-state index contributed by atoms with van der Waals surface area (Å²) >= 11 is 0. The number of piperidine rings is 1. The van der Waals surface area contributed by atoms with Gasteiger partial charge in [-0.2, -0.15) is 0 Å². The quantitative estimate of drug-likeness (QED) is 0.711. The summed E-state index contributed by atoms with van der Waals surface area (Å²) < 4.78 is 5.56. The Morgan fingerprint density at radius 1 is 1.26 bits per heavy atom. The summed E-state index contributed by atoms with van der Waals surface area (Å²) in [6.45, 7) is 4.63. The minimum absolute atomic E-state index is 0. The van der Waals surface area contributed by atoms with Crippen molar-refractivity contribution in [1.82, 2.24) is 15.2 Å². The van der Waals surface area contributed by atoms with Crippen LogP contribution in [-0.4, -0.2) is 42.5 Å². The van der Waals surface area contributed by atoms with Gasteiger partial charge >= 0.3 is 5.63 Å². The van der Waals surface area contributed by atoms with Crippen LogP contribution >= 0.6 is 24.8 Å². The molecule has 2 saturated heterocycles. The number of likely N-dealkylation sites (tertiary alicyclic amines) is 1. The van der Waals surface area contributed by atoms with Crippen LogP contribution in [0.4, 0.5) is 5.82 Å². The van der Waals surface area contributed by atoms with Crippen LogP contribution in [0.5, 0.6) is 0 Å². The normalized spacial score (nSPS) is 19.4. The van der Waals surface area contributed by atoms with E-state index in [0.717, 1.165) is 50.9 Å². The van der Waals surface area contributed by atoms with Crippen molar-refractivity contribution < 1.29 is 9.21 Å². The molecule has 31 heavy (non-hydrogen) atoms. The largest absolute Gasteiger partial charge is 0.427 e. The molecule has 0 aliphatic carbocycles. The molecule has 4 heterocycles. The standard InChI is InChI=1S/C22H28N4O3.2ClH/c1-14-13-18(15-7-10-23-11-8-15)29-22(28)19(14)21(27)25-20-16(5-3-9-24-20)17-6-4-12-26(17)2;;/h3,5,9,13,15,17,23H,4,6-8,10-12H2,1-2H3,(H,24,25,27);2*1H. The van der Waals surface area contributed by atoms with Gasteiger partial charge in [0.15, 0.2) is 0 Å². The van der Waals surface area contributed by atoms with Crippen molar-refractivity contribution in [2.45, 2.75) is 44.6 Å². The number of nitrogens with zero attached hydrogens (tertiary/aromatic N) is 2. The van der Waals surface area contributed by atoms with Crippen LogP contribution in [0.25, 0.3) is 0 Å². The predicted octanol–water partition coefficient (Wildman–Crippen LogP) is 3.67. The SMILES string of the molecule is Cc1cc(C2CCNCC2)oc(=O)c1C(=O)Nc1ncccc1C1CCCN1C.Cl.Cl. The van der Waals surface area contributed by atoms with E-state index in [-0.39, 0.29) is 42.3 Å². The monoisotopic (exact) mass is 468 g/mol. The molecule has 2 aromatic rings. The highest BCUT2D eigenvalue weighted by Gasteiger charge is 2.27. The molecule has 4 rings (SSSR count). The smallest absolute Gasteiger partial charge is 0.349 e. The van der Waals surface area contributed by atoms with Crippen molar-refractivity contribution in [3.8, 4) is 0 Å². The van der Waals surface area contributed by atoms with E-state index in [2.05, 4.69) is 27.6 Å². The Hall–Kier alpha value is -1.93. The number of pyridine rings is 1. The first-order chi connectivity index (χ1) is 14.0. The molecule has 0 radical (unpaired) electrons. The number of nitrogens with one attached hydrogen (secondary N) is 2. The van der Waals surface area contributed by atoms with Gasteiger partial charge in [-0.05, 0) is 77.0 Å². The van der Waals surface area contributed by atoms with E-state index in [1.54, 1.807) is 13.1 Å². The lowest BCUT2D eigenvalue weighted by atomic mass is 9.94. The van der Waals surface area contributed by atoms with E-state index in [9.17, 15) is 9.59 Å². The lowest BCUT2D eigenvalue weighted by Crippen LogP contribution is -2.28. The van der Waals surface area contributed by atoms with Gasteiger partial charge in [0, 0.05) is 23.7 Å². The lowest BCUT2D eigenvalue weighted by Gasteiger charge is -2.22. The predicted molar refractivity (Wildman–Crippen MR) is 126 cm³/mol. The van der Waals surface area contributed by atoms with Gasteiger partial charge in [-0.3, -0.25) is 9.69 Å². The summed E-state index contributed by atoms with van der Waals surface area (Å²) in [4.78, 5) is 32.3. The molecular weight excluding hydrogens is 439 g/mol. The molecule has 9 heteroatoms. The van der Waals surface area contributed by atoms with Crippen LogP contribution in [0, 0.1) is 6.92 Å². The number of aromatic nitrogens is 1. The Morgan fingerprint density at radius 3 is 2.65 bits per heavy atom. The van der Waals surface area contributed by atoms with Crippen molar-refractivity contribution in [3.05, 3.63) is 57.3 Å². The number of amides is 1. The van der Waals surface area contributed by atoms with Gasteiger partial charge in [0.1, 0.15) is 17.1 Å². The molecule has 170 valence electrons. The van der Waals surface area contributed by atoms with Gasteiger partial charge in [-0.25, -0.2) is 9.78 Å². The third kappa shape index (κ3) is 5.47. The molecule has 2 N–H and O–H groups in total. The van der Waals surface area contributed by atoms with Crippen molar-refractivity contribution in [2.75, 3.05) is 32.0 Å². The number of anilines is 1. The van der Waals surface area contributed by atoms with E-state index in [1.165, 1.54) is 0 Å². The minimum atomic E-state index is -0.577. The van der Waals surface area contributed by atoms with Crippen molar-refractivity contribution >= 4 is 36.5 Å². The first-order valence-electron chi connectivity index (χ1n) is 10.4. The molecule has 2 aliphatic heterocycles. The molecule has 0 spiro atoms. The lowest BCUT2D eigenvalue weighted by molar-refractivity contribution is 0.102. The molecule has 1 unspecified atom stereocenters. The van der Waals surface area contributed by atoms with E-state index in [1.807, 2.05) is 18.2 Å². The number of carbonyl (C=O) groups is 1. The molecule has 2 fully saturated rings. The van der Waals surface area contributed by atoms with E-state index in [4.69, 9.17) is 4.42 Å². The van der Waals surface area contributed by atoms with Crippen LogP contribution in [0.2, 0.25) is 0 Å². The molecule has 0 saturated carbocycles. The van der Waals surface area contributed by atoms with Crippen LogP contribution in [0.3, 0.4) is 0 Å². The number of halogens is 2. The first-order valence-corrected chi connectivity index (χ1v) is 10.4. The van der Waals surface area contributed by atoms with Crippen LogP contribution in [0.1, 0.15) is 64.9 Å². The van der Waals surface area contributed by atoms with Gasteiger partial charge in [-0.15, -0.1) is 24.8 Å². The zero-order valence-corrected chi connectivity index (χ0v) is 19.5. The van der Waals surface area contributed by atoms with Crippen molar-refractivity contribution in [3.63, 3.8) is 0 Å². The Balaban J connectivity index is 0.00000171. The first kappa shape index (κ1) is 25.3. The Morgan fingerprint density at radius 2 is 2.00 bits per heavy atom. The number of rotatable bonds is 4. The summed E-state index contributed by atoms with van der Waals surface area (Å²) in [6.07, 6.45) is 5.66. The Bertz CT molecular complexity index is 960. The molecule has 0 bridgehead atoms. The van der Waals surface area contributed by atoms with Crippen molar-refractivity contribution in [1.29, 1.82) is 0 Å². The second-order valence-corrected chi connectivity index (χ2v) is 8.05. The number of aryl methyl sites for hydroxylation is 1. The summed E-state index contributed by atoms with van der Waals surface area (Å²) in [5.74, 6) is 0.947. The van der Waals surface area contributed by atoms with Crippen LogP contribution in [-0.2, 0) is 0 Å². The second-order valence-electron chi connectivity index (χ2n) is 8.05. The topological polar surface area (TPSA) is 87.5 Å². The number of carbonyl (C=O) groups excluding carboxylic acids is 1. The van der Waals surface area contributed by atoms with Gasteiger partial charge < -0.3 is 15.1 Å². The summed E-state index contributed by atoms with van der Waals surface area (Å²) in [6, 6.07) is 5.94. The Labute approximate surface area is 194 Å². The summed E-state index contributed by atoms with van der Waals surface area (Å²) in [5.41, 5.74) is 1.10. The minimum Gasteiger partial charge on any atom is -0.427 e. The molecule has 0 aromatic carbocycles. The highest BCUT2D eigenvalue weighted by molar-refractivity contribution is 6.04. The average Bonchev–Trinajstić information content (AvgIpc) is 3.14. The third-order valence-electron chi connectivity index (χ3n) is 6.09. The fourth-order valence-electron chi connectivity index (χ4n) is 4.48. The van der Waals surface area contributed by atoms with Crippen LogP contribution < -0.4 is 16.3 Å². The maximum Gasteiger partial charge on any atom is 0.349 e. The average molecular weight is 469 g/mol. The zero-order valence-electron chi connectivity index (χ0n) is 17.8.